The van der Waals surface area contributed by atoms with Crippen LogP contribution in [0.1, 0.15) is 36.7 Å². The molecule has 0 saturated carbocycles. The summed E-state index contributed by atoms with van der Waals surface area (Å²) in [7, 11) is 0. The lowest BCUT2D eigenvalue weighted by Crippen LogP contribution is -2.43. The number of hydrogen-bond donors (Lipinski definition) is 2. The maximum atomic E-state index is 12.0. The number of nitrogens with zero attached hydrogens (tertiary/aromatic N) is 2. The van der Waals surface area contributed by atoms with Crippen LogP contribution in [0, 0.1) is 0 Å². The zero-order chi connectivity index (χ0) is 13.7. The highest BCUT2D eigenvalue weighted by atomic mass is 35.5. The number of carbonyl (C=O) groups is 1. The minimum absolute atomic E-state index is 0. The summed E-state index contributed by atoms with van der Waals surface area (Å²) in [5.41, 5.74) is 5.96. The average Bonchev–Trinajstić information content (AvgIpc) is 2.39. The maximum absolute atomic E-state index is 12.0. The van der Waals surface area contributed by atoms with Crippen LogP contribution < -0.4 is 11.1 Å². The molecule has 1 amide bonds. The fourth-order valence-electron chi connectivity index (χ4n) is 2.45. The van der Waals surface area contributed by atoms with E-state index in [2.05, 4.69) is 15.2 Å². The van der Waals surface area contributed by atoms with Crippen molar-refractivity contribution in [2.45, 2.75) is 32.2 Å². The molecule has 1 aromatic heterocycles. The SMILES string of the molecule is CC(CN1CCCCC1)NC(=O)c1cccc(N)n1.Cl. The predicted octanol–water partition coefficient (Wildman–Crippen LogP) is 1.69. The van der Waals surface area contributed by atoms with Crippen molar-refractivity contribution in [2.75, 3.05) is 25.4 Å². The van der Waals surface area contributed by atoms with Gasteiger partial charge in [0.2, 0.25) is 0 Å². The van der Waals surface area contributed by atoms with Crippen molar-refractivity contribution in [1.82, 2.24) is 15.2 Å². The third-order valence-electron chi connectivity index (χ3n) is 3.36. The first-order valence-electron chi connectivity index (χ1n) is 6.91. The van der Waals surface area contributed by atoms with E-state index in [0.717, 1.165) is 19.6 Å². The van der Waals surface area contributed by atoms with E-state index in [1.807, 2.05) is 6.92 Å². The highest BCUT2D eigenvalue weighted by molar-refractivity contribution is 5.92. The Kier molecular flexibility index (Phi) is 6.75. The first kappa shape index (κ1) is 16.7. The molecule has 5 nitrogen and oxygen atoms in total. The number of nitrogens with two attached hydrogens (primary N) is 1. The molecular weight excluding hydrogens is 276 g/mol. The van der Waals surface area contributed by atoms with Crippen LogP contribution in [-0.4, -0.2) is 41.5 Å². The van der Waals surface area contributed by atoms with Crippen LogP contribution in [0.3, 0.4) is 0 Å². The highest BCUT2D eigenvalue weighted by Gasteiger charge is 2.16. The van der Waals surface area contributed by atoms with Crippen LogP contribution in [0.5, 0.6) is 0 Å². The number of likely N-dealkylation sites (tertiary alicyclic amines) is 1. The van der Waals surface area contributed by atoms with Crippen LogP contribution in [0.25, 0.3) is 0 Å². The molecule has 1 aromatic rings. The van der Waals surface area contributed by atoms with Crippen molar-refractivity contribution in [3.8, 4) is 0 Å². The number of halogens is 1. The van der Waals surface area contributed by atoms with Gasteiger partial charge in [0.25, 0.3) is 5.91 Å². The summed E-state index contributed by atoms with van der Waals surface area (Å²) in [6, 6.07) is 5.22. The van der Waals surface area contributed by atoms with Crippen molar-refractivity contribution >= 4 is 24.1 Å². The summed E-state index contributed by atoms with van der Waals surface area (Å²) in [4.78, 5) is 18.4. The molecule has 3 N–H and O–H groups in total. The van der Waals surface area contributed by atoms with Crippen molar-refractivity contribution < 1.29 is 4.79 Å². The van der Waals surface area contributed by atoms with Crippen molar-refractivity contribution in [2.24, 2.45) is 0 Å². The second-order valence-corrected chi connectivity index (χ2v) is 5.18. The maximum Gasteiger partial charge on any atom is 0.270 e. The Bertz CT molecular complexity index is 435. The lowest BCUT2D eigenvalue weighted by Gasteiger charge is -2.29. The molecule has 1 saturated heterocycles. The fraction of sp³-hybridized carbons (Fsp3) is 0.571. The Hall–Kier alpha value is -1.33. The van der Waals surface area contributed by atoms with E-state index in [1.54, 1.807) is 18.2 Å². The number of aromatic nitrogens is 1. The largest absolute Gasteiger partial charge is 0.384 e. The molecule has 1 fully saturated rings. The quantitative estimate of drug-likeness (QED) is 0.887. The Labute approximate surface area is 126 Å². The minimum Gasteiger partial charge on any atom is -0.384 e. The number of piperidine rings is 1. The first-order valence-corrected chi connectivity index (χ1v) is 6.91. The van der Waals surface area contributed by atoms with Gasteiger partial charge in [-0.1, -0.05) is 12.5 Å². The third kappa shape index (κ3) is 4.98. The van der Waals surface area contributed by atoms with Crippen molar-refractivity contribution in [3.05, 3.63) is 23.9 Å². The molecule has 0 spiro atoms. The predicted molar refractivity (Wildman–Crippen MR) is 83.1 cm³/mol. The van der Waals surface area contributed by atoms with E-state index in [1.165, 1.54) is 19.3 Å². The van der Waals surface area contributed by atoms with Gasteiger partial charge in [0.05, 0.1) is 0 Å². The molecule has 6 heteroatoms. The first-order chi connectivity index (χ1) is 9.15. The second-order valence-electron chi connectivity index (χ2n) is 5.18. The molecule has 2 heterocycles. The molecular formula is C14H23ClN4O. The summed E-state index contributed by atoms with van der Waals surface area (Å²) in [5, 5.41) is 2.97. The lowest BCUT2D eigenvalue weighted by atomic mass is 10.1. The number of carbonyl (C=O) groups excluding carboxylic acids is 1. The molecule has 20 heavy (non-hydrogen) atoms. The van der Waals surface area contributed by atoms with Crippen LogP contribution in [0.15, 0.2) is 18.2 Å². The third-order valence-corrected chi connectivity index (χ3v) is 3.36. The molecule has 0 aromatic carbocycles. The number of nitrogens with one attached hydrogen (secondary N) is 1. The summed E-state index contributed by atoms with van der Waals surface area (Å²) in [6.07, 6.45) is 3.85. The summed E-state index contributed by atoms with van der Waals surface area (Å²) in [5.74, 6) is 0.216. The van der Waals surface area contributed by atoms with Gasteiger partial charge in [0, 0.05) is 12.6 Å². The zero-order valence-electron chi connectivity index (χ0n) is 11.8. The van der Waals surface area contributed by atoms with Gasteiger partial charge >= 0.3 is 0 Å². The van der Waals surface area contributed by atoms with Gasteiger partial charge in [-0.2, -0.15) is 0 Å². The lowest BCUT2D eigenvalue weighted by molar-refractivity contribution is 0.0921. The van der Waals surface area contributed by atoms with E-state index >= 15 is 0 Å². The number of anilines is 1. The normalized spacial score (nSPS) is 17.1. The van der Waals surface area contributed by atoms with E-state index in [-0.39, 0.29) is 24.4 Å². The molecule has 0 bridgehead atoms. The van der Waals surface area contributed by atoms with Gasteiger partial charge in [0.1, 0.15) is 11.5 Å². The van der Waals surface area contributed by atoms with Gasteiger partial charge in [-0.15, -0.1) is 12.4 Å². The summed E-state index contributed by atoms with van der Waals surface area (Å²) < 4.78 is 0. The average molecular weight is 299 g/mol. The number of rotatable bonds is 4. The highest BCUT2D eigenvalue weighted by Crippen LogP contribution is 2.09. The Morgan fingerprint density at radius 2 is 2.10 bits per heavy atom. The monoisotopic (exact) mass is 298 g/mol. The van der Waals surface area contributed by atoms with Gasteiger partial charge in [-0.3, -0.25) is 4.79 Å². The molecule has 1 atom stereocenters. The minimum atomic E-state index is -0.156. The fourth-order valence-corrected chi connectivity index (χ4v) is 2.45. The van der Waals surface area contributed by atoms with E-state index in [0.29, 0.717) is 11.5 Å². The number of nitrogen functional groups attached to an aromatic ring is 1. The molecule has 2 rings (SSSR count). The van der Waals surface area contributed by atoms with Crippen molar-refractivity contribution in [1.29, 1.82) is 0 Å². The van der Waals surface area contributed by atoms with Crippen LogP contribution in [-0.2, 0) is 0 Å². The molecule has 1 aliphatic rings. The van der Waals surface area contributed by atoms with E-state index in [4.69, 9.17) is 5.73 Å². The number of hydrogen-bond acceptors (Lipinski definition) is 4. The van der Waals surface area contributed by atoms with E-state index in [9.17, 15) is 4.79 Å². The number of amides is 1. The summed E-state index contributed by atoms with van der Waals surface area (Å²) >= 11 is 0. The molecule has 1 aliphatic heterocycles. The van der Waals surface area contributed by atoms with Gasteiger partial charge < -0.3 is 16.0 Å². The second kappa shape index (κ2) is 8.07. The molecule has 0 aliphatic carbocycles. The van der Waals surface area contributed by atoms with E-state index < -0.39 is 0 Å². The number of pyridine rings is 1. The Morgan fingerprint density at radius 1 is 1.40 bits per heavy atom. The van der Waals surface area contributed by atoms with Gasteiger partial charge in [-0.25, -0.2) is 4.98 Å². The summed E-state index contributed by atoms with van der Waals surface area (Å²) in [6.45, 7) is 5.19. The van der Waals surface area contributed by atoms with Crippen molar-refractivity contribution in [3.63, 3.8) is 0 Å². The molecule has 1 unspecified atom stereocenters. The van der Waals surface area contributed by atoms with Gasteiger partial charge in [0.15, 0.2) is 0 Å². The molecule has 112 valence electrons. The molecule has 0 radical (unpaired) electrons. The van der Waals surface area contributed by atoms with Crippen LogP contribution >= 0.6 is 12.4 Å². The Balaban J connectivity index is 0.00000200. The zero-order valence-corrected chi connectivity index (χ0v) is 12.7. The van der Waals surface area contributed by atoms with Crippen LogP contribution in [0.2, 0.25) is 0 Å². The van der Waals surface area contributed by atoms with Gasteiger partial charge in [-0.05, 0) is 45.0 Å². The standard InChI is InChI=1S/C14H22N4O.ClH/c1-11(10-18-8-3-2-4-9-18)16-14(19)12-6-5-7-13(15)17-12;/h5-7,11H,2-4,8-10H2,1H3,(H2,15,17)(H,16,19);1H. The smallest absolute Gasteiger partial charge is 0.270 e. The Morgan fingerprint density at radius 3 is 2.75 bits per heavy atom. The topological polar surface area (TPSA) is 71.2 Å². The van der Waals surface area contributed by atoms with Crippen LogP contribution in [0.4, 0.5) is 5.82 Å².